The molecular weight excluding hydrogens is 356 g/mol. The summed E-state index contributed by atoms with van der Waals surface area (Å²) in [5, 5.41) is 9.84. The van der Waals surface area contributed by atoms with Crippen LogP contribution in [0.2, 0.25) is 5.02 Å². The zero-order valence-corrected chi connectivity index (χ0v) is 14.5. The second-order valence-corrected chi connectivity index (χ2v) is 5.91. The van der Waals surface area contributed by atoms with Gasteiger partial charge in [0.25, 0.3) is 11.1 Å². The Balaban J connectivity index is 2.08. The van der Waals surface area contributed by atoms with Crippen LogP contribution < -0.4 is 26.6 Å². The van der Waals surface area contributed by atoms with Crippen LogP contribution in [0, 0.1) is 0 Å². The SMILES string of the molecule is COc1ccc(C=c2[nH]c(=O)c(=Cc3ccc(O)cc3Cl)[nH]c2=O)cc1. The zero-order valence-electron chi connectivity index (χ0n) is 13.7. The summed E-state index contributed by atoms with van der Waals surface area (Å²) in [4.78, 5) is 29.7. The third-order valence-electron chi connectivity index (χ3n) is 3.70. The summed E-state index contributed by atoms with van der Waals surface area (Å²) < 4.78 is 5.08. The number of aromatic amines is 2. The van der Waals surface area contributed by atoms with E-state index in [2.05, 4.69) is 9.97 Å². The summed E-state index contributed by atoms with van der Waals surface area (Å²) >= 11 is 6.02. The van der Waals surface area contributed by atoms with Gasteiger partial charge in [0.15, 0.2) is 0 Å². The van der Waals surface area contributed by atoms with Crippen LogP contribution in [-0.4, -0.2) is 22.2 Å². The van der Waals surface area contributed by atoms with Gasteiger partial charge in [0, 0.05) is 0 Å². The first-order valence-electron chi connectivity index (χ1n) is 7.65. The molecular formula is C19H15ClN2O4. The summed E-state index contributed by atoms with van der Waals surface area (Å²) in [6.45, 7) is 0. The first kappa shape index (κ1) is 17.6. The molecule has 0 aliphatic heterocycles. The normalized spacial score (nSPS) is 12.4. The average molecular weight is 371 g/mol. The Kier molecular flexibility index (Phi) is 4.95. The van der Waals surface area contributed by atoms with Gasteiger partial charge in [-0.3, -0.25) is 9.59 Å². The van der Waals surface area contributed by atoms with Gasteiger partial charge in [-0.1, -0.05) is 23.7 Å². The number of aromatic nitrogens is 2. The van der Waals surface area contributed by atoms with E-state index in [0.29, 0.717) is 11.3 Å². The molecule has 6 nitrogen and oxygen atoms in total. The van der Waals surface area contributed by atoms with Gasteiger partial charge in [0.05, 0.1) is 12.1 Å². The number of halogens is 1. The number of nitrogens with one attached hydrogen (secondary N) is 2. The minimum absolute atomic E-state index is 0.0130. The summed E-state index contributed by atoms with van der Waals surface area (Å²) in [6.07, 6.45) is 3.01. The van der Waals surface area contributed by atoms with Crippen LogP contribution in [0.5, 0.6) is 11.5 Å². The smallest absolute Gasteiger partial charge is 0.272 e. The second kappa shape index (κ2) is 7.33. The van der Waals surface area contributed by atoms with Crippen LogP contribution in [0.1, 0.15) is 11.1 Å². The van der Waals surface area contributed by atoms with E-state index in [-0.39, 0.29) is 21.5 Å². The van der Waals surface area contributed by atoms with E-state index in [1.165, 1.54) is 18.2 Å². The van der Waals surface area contributed by atoms with Crippen molar-refractivity contribution in [3.05, 3.63) is 90.0 Å². The Morgan fingerprint density at radius 1 is 0.962 bits per heavy atom. The molecule has 3 aromatic rings. The third kappa shape index (κ3) is 3.87. The summed E-state index contributed by atoms with van der Waals surface area (Å²) in [5.74, 6) is 0.708. The number of methoxy groups -OCH3 is 1. The Morgan fingerprint density at radius 3 is 2.15 bits per heavy atom. The number of phenolic OH excluding ortho intramolecular Hbond substituents is 1. The minimum Gasteiger partial charge on any atom is -0.508 e. The Morgan fingerprint density at radius 2 is 1.58 bits per heavy atom. The molecule has 0 atom stereocenters. The maximum atomic E-state index is 12.3. The fraction of sp³-hybridized carbons (Fsp3) is 0.0526. The van der Waals surface area contributed by atoms with Crippen LogP contribution in [0.15, 0.2) is 52.1 Å². The average Bonchev–Trinajstić information content (AvgIpc) is 2.62. The van der Waals surface area contributed by atoms with Crippen molar-refractivity contribution in [2.75, 3.05) is 7.11 Å². The Bertz CT molecular complexity index is 1180. The van der Waals surface area contributed by atoms with E-state index in [1.807, 2.05) is 0 Å². The molecule has 26 heavy (non-hydrogen) atoms. The van der Waals surface area contributed by atoms with Gasteiger partial charge in [-0.2, -0.15) is 0 Å². The van der Waals surface area contributed by atoms with Crippen LogP contribution in [0.25, 0.3) is 12.2 Å². The molecule has 0 aliphatic carbocycles. The van der Waals surface area contributed by atoms with Gasteiger partial charge < -0.3 is 19.8 Å². The van der Waals surface area contributed by atoms with Crippen molar-refractivity contribution in [3.8, 4) is 11.5 Å². The van der Waals surface area contributed by atoms with E-state index < -0.39 is 11.1 Å². The molecule has 0 spiro atoms. The molecule has 0 aliphatic rings. The molecule has 3 rings (SSSR count). The maximum Gasteiger partial charge on any atom is 0.272 e. The topological polar surface area (TPSA) is 95.2 Å². The van der Waals surface area contributed by atoms with Crippen molar-refractivity contribution in [3.63, 3.8) is 0 Å². The van der Waals surface area contributed by atoms with E-state index in [4.69, 9.17) is 16.3 Å². The summed E-state index contributed by atoms with van der Waals surface area (Å²) in [6, 6.07) is 11.4. The van der Waals surface area contributed by atoms with E-state index in [0.717, 1.165) is 5.56 Å². The van der Waals surface area contributed by atoms with E-state index in [9.17, 15) is 14.7 Å². The predicted molar refractivity (Wildman–Crippen MR) is 100 cm³/mol. The largest absolute Gasteiger partial charge is 0.508 e. The molecule has 0 fully saturated rings. The van der Waals surface area contributed by atoms with Gasteiger partial charge in [-0.05, 0) is 53.6 Å². The number of aromatic hydroxyl groups is 1. The van der Waals surface area contributed by atoms with Gasteiger partial charge in [-0.25, -0.2) is 0 Å². The molecule has 3 N–H and O–H groups in total. The van der Waals surface area contributed by atoms with Gasteiger partial charge in [-0.15, -0.1) is 0 Å². The number of hydrogen-bond donors (Lipinski definition) is 3. The number of H-pyrrole nitrogens is 2. The lowest BCUT2D eigenvalue weighted by Crippen LogP contribution is -2.46. The van der Waals surface area contributed by atoms with Crippen molar-refractivity contribution in [2.45, 2.75) is 0 Å². The Labute approximate surface area is 152 Å². The van der Waals surface area contributed by atoms with Gasteiger partial charge >= 0.3 is 0 Å². The van der Waals surface area contributed by atoms with Gasteiger partial charge in [0.2, 0.25) is 0 Å². The highest BCUT2D eigenvalue weighted by Crippen LogP contribution is 2.21. The third-order valence-corrected chi connectivity index (χ3v) is 4.02. The lowest BCUT2D eigenvalue weighted by Gasteiger charge is -1.99. The molecule has 1 aromatic heterocycles. The van der Waals surface area contributed by atoms with Gasteiger partial charge in [0.1, 0.15) is 22.2 Å². The molecule has 1 heterocycles. The monoisotopic (exact) mass is 370 g/mol. The van der Waals surface area contributed by atoms with Crippen LogP contribution in [0.4, 0.5) is 0 Å². The zero-order chi connectivity index (χ0) is 18.7. The predicted octanol–water partition coefficient (Wildman–Crippen LogP) is 1.09. The van der Waals surface area contributed by atoms with Crippen LogP contribution in [0.3, 0.4) is 0 Å². The summed E-state index contributed by atoms with van der Waals surface area (Å²) in [7, 11) is 1.57. The lowest BCUT2D eigenvalue weighted by atomic mass is 10.2. The standard InChI is InChI=1S/C19H15ClN2O4/c1-26-14-6-2-11(3-7-14)8-16-18(24)22-17(19(25)21-16)9-12-4-5-13(23)10-15(12)20/h2-10,23H,1H3,(H,21,25)(H,22,24). The molecule has 0 radical (unpaired) electrons. The van der Waals surface area contributed by atoms with Crippen LogP contribution >= 0.6 is 11.6 Å². The minimum atomic E-state index is -0.464. The molecule has 0 saturated carbocycles. The van der Waals surface area contributed by atoms with E-state index >= 15 is 0 Å². The van der Waals surface area contributed by atoms with Crippen molar-refractivity contribution in [1.82, 2.24) is 9.97 Å². The maximum absolute atomic E-state index is 12.3. The first-order chi connectivity index (χ1) is 12.5. The molecule has 0 unspecified atom stereocenters. The fourth-order valence-electron chi connectivity index (χ4n) is 2.35. The second-order valence-electron chi connectivity index (χ2n) is 5.50. The number of hydrogen-bond acceptors (Lipinski definition) is 4. The highest BCUT2D eigenvalue weighted by molar-refractivity contribution is 6.32. The van der Waals surface area contributed by atoms with Crippen molar-refractivity contribution < 1.29 is 9.84 Å². The first-order valence-corrected chi connectivity index (χ1v) is 8.03. The van der Waals surface area contributed by atoms with Crippen LogP contribution in [-0.2, 0) is 0 Å². The van der Waals surface area contributed by atoms with Crippen molar-refractivity contribution >= 4 is 23.8 Å². The molecule has 7 heteroatoms. The number of phenols is 1. The number of ether oxygens (including phenoxy) is 1. The summed E-state index contributed by atoms with van der Waals surface area (Å²) in [5.41, 5.74) is 0.331. The van der Waals surface area contributed by atoms with Crippen molar-refractivity contribution in [2.24, 2.45) is 0 Å². The lowest BCUT2D eigenvalue weighted by molar-refractivity contribution is 0.415. The molecule has 132 valence electrons. The number of benzene rings is 2. The highest BCUT2D eigenvalue weighted by atomic mass is 35.5. The van der Waals surface area contributed by atoms with E-state index in [1.54, 1.807) is 43.5 Å². The van der Waals surface area contributed by atoms with Crippen molar-refractivity contribution in [1.29, 1.82) is 0 Å². The quantitative estimate of drug-likeness (QED) is 0.643. The molecule has 2 aromatic carbocycles. The highest BCUT2D eigenvalue weighted by Gasteiger charge is 2.01. The molecule has 0 saturated heterocycles. The molecule has 0 bridgehead atoms. The Hall–Kier alpha value is -3.25. The number of rotatable bonds is 3. The molecule has 0 amide bonds. The fourth-order valence-corrected chi connectivity index (χ4v) is 2.58.